The molecule has 0 heterocycles. The minimum atomic E-state index is -1.74. The topological polar surface area (TPSA) is 95.3 Å². The Morgan fingerprint density at radius 3 is 1.41 bits per heavy atom. The van der Waals surface area contributed by atoms with Crippen molar-refractivity contribution in [1.29, 1.82) is 0 Å². The van der Waals surface area contributed by atoms with Crippen molar-refractivity contribution in [1.82, 2.24) is 0 Å². The Morgan fingerprint density at radius 2 is 1.11 bits per heavy atom. The summed E-state index contributed by atoms with van der Waals surface area (Å²) in [6.07, 6.45) is 0.0616. The summed E-state index contributed by atoms with van der Waals surface area (Å²) in [5, 5.41) is 32.4. The first-order chi connectivity index (χ1) is 12.9. The van der Waals surface area contributed by atoms with Crippen LogP contribution in [0.25, 0.3) is 0 Å². The largest absolute Gasteiger partial charge is 0.592 e. The standard InChI is InChI=1S/C17H18Br2N4O4/c1-26-20-22(24)17(23(25)21-27-2,11-13-3-7-15(18)8-4-13)12-14-5-9-16(19)10-6-14/h3-10H,11-12H2,1-2H3/b22-20-,23-21-. The van der Waals surface area contributed by atoms with Gasteiger partial charge in [-0.1, -0.05) is 56.1 Å². The van der Waals surface area contributed by atoms with Crippen LogP contribution in [0.4, 0.5) is 0 Å². The van der Waals surface area contributed by atoms with Crippen LogP contribution in [0.1, 0.15) is 11.1 Å². The van der Waals surface area contributed by atoms with Gasteiger partial charge in [-0.05, 0) is 35.4 Å². The summed E-state index contributed by atoms with van der Waals surface area (Å²) >= 11 is 6.73. The molecule has 0 radical (unpaired) electrons. The van der Waals surface area contributed by atoms with E-state index in [0.29, 0.717) is 0 Å². The summed E-state index contributed by atoms with van der Waals surface area (Å²) in [6.45, 7) is 0. The highest BCUT2D eigenvalue weighted by Gasteiger charge is 2.53. The fourth-order valence-corrected chi connectivity index (χ4v) is 3.09. The van der Waals surface area contributed by atoms with Gasteiger partial charge in [0.05, 0.1) is 0 Å². The Labute approximate surface area is 173 Å². The molecule has 0 atom stereocenters. The Balaban J connectivity index is 2.56. The first kappa shape index (κ1) is 21.1. The molecule has 0 fully saturated rings. The van der Waals surface area contributed by atoms with Crippen LogP contribution < -0.4 is 0 Å². The van der Waals surface area contributed by atoms with Gasteiger partial charge < -0.3 is 20.1 Å². The van der Waals surface area contributed by atoms with Gasteiger partial charge in [0, 0.05) is 18.7 Å². The Bertz CT molecular complexity index is 741. The zero-order valence-electron chi connectivity index (χ0n) is 14.7. The molecule has 2 aromatic carbocycles. The highest BCUT2D eigenvalue weighted by Crippen LogP contribution is 2.27. The maximum absolute atomic E-state index is 12.8. The zero-order valence-corrected chi connectivity index (χ0v) is 17.9. The van der Waals surface area contributed by atoms with Crippen molar-refractivity contribution in [2.24, 2.45) is 10.6 Å². The van der Waals surface area contributed by atoms with Crippen LogP contribution in [0.5, 0.6) is 0 Å². The first-order valence-electron chi connectivity index (χ1n) is 7.83. The lowest BCUT2D eigenvalue weighted by Gasteiger charge is -2.24. The van der Waals surface area contributed by atoms with E-state index in [2.05, 4.69) is 52.1 Å². The summed E-state index contributed by atoms with van der Waals surface area (Å²) < 4.78 is 1.76. The predicted molar refractivity (Wildman–Crippen MR) is 105 cm³/mol. The third-order valence-corrected chi connectivity index (χ3v) is 4.88. The number of rotatable bonds is 8. The van der Waals surface area contributed by atoms with E-state index in [1.54, 1.807) is 0 Å². The monoisotopic (exact) mass is 500 g/mol. The molecule has 144 valence electrons. The molecule has 0 aliphatic carbocycles. The fraction of sp³-hybridized carbons (Fsp3) is 0.294. The SMILES string of the molecule is CO/N=[N+](\[O-])C(Cc1ccc(Br)cc1)(Cc1ccc(Br)cc1)/[N+]([O-])=N/OC. The molecule has 0 saturated heterocycles. The molecule has 27 heavy (non-hydrogen) atoms. The average Bonchev–Trinajstić information content (AvgIpc) is 2.65. The molecule has 0 N–H and O–H groups in total. The Hall–Kier alpha value is -2.20. The van der Waals surface area contributed by atoms with E-state index < -0.39 is 5.66 Å². The zero-order chi connectivity index (χ0) is 19.9. The highest BCUT2D eigenvalue weighted by atomic mass is 79.9. The van der Waals surface area contributed by atoms with E-state index in [9.17, 15) is 10.4 Å². The molecular formula is C17H18Br2N4O4. The van der Waals surface area contributed by atoms with Crippen LogP contribution >= 0.6 is 31.9 Å². The fourth-order valence-electron chi connectivity index (χ4n) is 2.56. The molecule has 2 aromatic rings. The quantitative estimate of drug-likeness (QED) is 0.226. The number of hydrogen-bond donors (Lipinski definition) is 0. The van der Waals surface area contributed by atoms with Crippen molar-refractivity contribution in [3.63, 3.8) is 0 Å². The maximum atomic E-state index is 12.8. The van der Waals surface area contributed by atoms with Gasteiger partial charge in [0.1, 0.15) is 27.1 Å². The van der Waals surface area contributed by atoms with Gasteiger partial charge >= 0.3 is 5.66 Å². The van der Waals surface area contributed by atoms with Gasteiger partial charge in [-0.15, -0.1) is 0 Å². The normalized spacial score (nSPS) is 12.7. The molecule has 0 aliphatic heterocycles. The van der Waals surface area contributed by atoms with Crippen LogP contribution in [0.3, 0.4) is 0 Å². The summed E-state index contributed by atoms with van der Waals surface area (Å²) in [5.41, 5.74) is -0.252. The lowest BCUT2D eigenvalue weighted by Crippen LogP contribution is -2.51. The molecule has 0 unspecified atom stereocenters. The number of hydroxylamine groups is 2. The van der Waals surface area contributed by atoms with Crippen LogP contribution in [0, 0.1) is 10.4 Å². The number of nitrogens with zero attached hydrogens (tertiary/aromatic N) is 4. The van der Waals surface area contributed by atoms with Crippen LogP contribution in [-0.4, -0.2) is 29.6 Å². The minimum Gasteiger partial charge on any atom is -0.592 e. The second kappa shape index (κ2) is 9.65. The maximum Gasteiger partial charge on any atom is 0.432 e. The van der Waals surface area contributed by atoms with Gasteiger partial charge in [-0.2, -0.15) is 0 Å². The summed E-state index contributed by atoms with van der Waals surface area (Å²) in [7, 11) is 2.47. The summed E-state index contributed by atoms with van der Waals surface area (Å²) in [6, 6.07) is 14.5. The number of hydrogen-bond acceptors (Lipinski definition) is 6. The van der Waals surface area contributed by atoms with E-state index in [-0.39, 0.29) is 22.6 Å². The molecular weight excluding hydrogens is 484 g/mol. The lowest BCUT2D eigenvalue weighted by molar-refractivity contribution is -0.846. The van der Waals surface area contributed by atoms with Gasteiger partial charge in [0.25, 0.3) is 0 Å². The predicted octanol–water partition coefficient (Wildman–Crippen LogP) is 4.74. The first-order valence-corrected chi connectivity index (χ1v) is 9.41. The van der Waals surface area contributed by atoms with Crippen molar-refractivity contribution in [2.45, 2.75) is 18.5 Å². The van der Waals surface area contributed by atoms with Crippen LogP contribution in [0.2, 0.25) is 0 Å². The van der Waals surface area contributed by atoms with Crippen LogP contribution in [-0.2, 0) is 22.5 Å². The van der Waals surface area contributed by atoms with Gasteiger partial charge in [-0.25, -0.2) is 0 Å². The summed E-state index contributed by atoms with van der Waals surface area (Å²) in [4.78, 5) is 9.71. The molecule has 0 bridgehead atoms. The van der Waals surface area contributed by atoms with Crippen molar-refractivity contribution in [3.05, 3.63) is 79.0 Å². The second-order valence-corrected chi connectivity index (χ2v) is 7.49. The van der Waals surface area contributed by atoms with Crippen molar-refractivity contribution in [3.8, 4) is 0 Å². The van der Waals surface area contributed by atoms with Crippen molar-refractivity contribution in [2.75, 3.05) is 14.2 Å². The molecule has 0 amide bonds. The third-order valence-electron chi connectivity index (χ3n) is 3.82. The molecule has 0 spiro atoms. The van der Waals surface area contributed by atoms with Gasteiger partial charge in [-0.3, -0.25) is 0 Å². The van der Waals surface area contributed by atoms with E-state index in [4.69, 9.17) is 0 Å². The molecule has 0 saturated carbocycles. The number of halogens is 2. The molecule has 2 rings (SSSR count). The van der Waals surface area contributed by atoms with Crippen molar-refractivity contribution >= 4 is 31.9 Å². The molecule has 0 aromatic heterocycles. The second-order valence-electron chi connectivity index (χ2n) is 5.66. The Morgan fingerprint density at radius 1 is 0.778 bits per heavy atom. The Kier molecular flexibility index (Phi) is 7.55. The smallest absolute Gasteiger partial charge is 0.432 e. The van der Waals surface area contributed by atoms with Gasteiger partial charge in [0.15, 0.2) is 0 Å². The van der Waals surface area contributed by atoms with E-state index >= 15 is 0 Å². The third kappa shape index (κ3) is 5.39. The van der Waals surface area contributed by atoms with E-state index in [1.807, 2.05) is 48.5 Å². The highest BCUT2D eigenvalue weighted by molar-refractivity contribution is 9.10. The lowest BCUT2D eigenvalue weighted by atomic mass is 9.93. The van der Waals surface area contributed by atoms with E-state index in [1.165, 1.54) is 14.2 Å². The minimum absolute atomic E-state index is 0.0308. The summed E-state index contributed by atoms with van der Waals surface area (Å²) in [5.74, 6) is 0. The molecule has 0 aliphatic rings. The van der Waals surface area contributed by atoms with Crippen LogP contribution in [0.15, 0.2) is 68.0 Å². The molecule has 10 heteroatoms. The van der Waals surface area contributed by atoms with E-state index in [0.717, 1.165) is 20.1 Å². The van der Waals surface area contributed by atoms with Gasteiger partial charge in [0.2, 0.25) is 10.6 Å². The van der Waals surface area contributed by atoms with Crippen molar-refractivity contribution < 1.29 is 19.4 Å². The molecule has 8 nitrogen and oxygen atoms in total. The average molecular weight is 502 g/mol. The number of benzene rings is 2.